The van der Waals surface area contributed by atoms with Gasteiger partial charge < -0.3 is 5.32 Å². The monoisotopic (exact) mass is 416 g/mol. The van der Waals surface area contributed by atoms with E-state index in [0.29, 0.717) is 30.2 Å². The Morgan fingerprint density at radius 2 is 2.00 bits per heavy atom. The fourth-order valence-corrected chi connectivity index (χ4v) is 4.69. The van der Waals surface area contributed by atoms with E-state index in [1.807, 2.05) is 0 Å². The third kappa shape index (κ3) is 3.68. The standard InChI is InChI=1S/C18H17FN6O3S/c1-12-21-22-23-25(12)15-6-7-16(19)17(11-15)20-18(26)13-4-2-5-14(10-13)24-8-3-9-29(24,27)28/h2,4-7,10-11H,3,8-9H2,1H3,(H,20,26). The molecule has 150 valence electrons. The summed E-state index contributed by atoms with van der Waals surface area (Å²) >= 11 is 0. The number of carbonyl (C=O) groups is 1. The third-order valence-electron chi connectivity index (χ3n) is 4.56. The molecule has 1 fully saturated rings. The van der Waals surface area contributed by atoms with Gasteiger partial charge in [0, 0.05) is 12.1 Å². The summed E-state index contributed by atoms with van der Waals surface area (Å²) in [5, 5.41) is 13.7. The second-order valence-electron chi connectivity index (χ2n) is 6.55. The van der Waals surface area contributed by atoms with Gasteiger partial charge in [0.25, 0.3) is 5.91 Å². The number of carbonyl (C=O) groups excluding carboxylic acids is 1. The Bertz CT molecular complexity index is 1190. The van der Waals surface area contributed by atoms with Crippen LogP contribution in [0.5, 0.6) is 0 Å². The summed E-state index contributed by atoms with van der Waals surface area (Å²) in [6.45, 7) is 2.06. The van der Waals surface area contributed by atoms with E-state index < -0.39 is 21.7 Å². The zero-order valence-electron chi connectivity index (χ0n) is 15.4. The molecule has 2 heterocycles. The van der Waals surface area contributed by atoms with Gasteiger partial charge in [0.15, 0.2) is 5.82 Å². The van der Waals surface area contributed by atoms with Crippen LogP contribution in [-0.4, -0.2) is 46.8 Å². The van der Waals surface area contributed by atoms with Gasteiger partial charge >= 0.3 is 0 Å². The molecular weight excluding hydrogens is 399 g/mol. The molecule has 29 heavy (non-hydrogen) atoms. The molecule has 1 aliphatic rings. The lowest BCUT2D eigenvalue weighted by Gasteiger charge is -2.17. The van der Waals surface area contributed by atoms with Crippen LogP contribution in [0.3, 0.4) is 0 Å². The Morgan fingerprint density at radius 3 is 2.69 bits per heavy atom. The third-order valence-corrected chi connectivity index (χ3v) is 6.43. The van der Waals surface area contributed by atoms with E-state index in [4.69, 9.17) is 0 Å². The molecule has 1 saturated heterocycles. The number of anilines is 2. The van der Waals surface area contributed by atoms with Crippen LogP contribution in [0.1, 0.15) is 22.6 Å². The minimum absolute atomic E-state index is 0.0402. The fraction of sp³-hybridized carbons (Fsp3) is 0.222. The van der Waals surface area contributed by atoms with Gasteiger partial charge in [0.05, 0.1) is 22.8 Å². The number of nitrogens with zero attached hydrogens (tertiary/aromatic N) is 5. The summed E-state index contributed by atoms with van der Waals surface area (Å²) in [6.07, 6.45) is 0.535. The molecule has 0 saturated carbocycles. The first-order valence-electron chi connectivity index (χ1n) is 8.82. The lowest BCUT2D eigenvalue weighted by atomic mass is 10.1. The van der Waals surface area contributed by atoms with Crippen molar-refractivity contribution >= 4 is 27.3 Å². The first-order chi connectivity index (χ1) is 13.8. The van der Waals surface area contributed by atoms with Gasteiger partial charge in [0.2, 0.25) is 10.0 Å². The van der Waals surface area contributed by atoms with Crippen molar-refractivity contribution < 1.29 is 17.6 Å². The molecule has 1 aromatic heterocycles. The van der Waals surface area contributed by atoms with E-state index in [0.717, 1.165) is 0 Å². The predicted molar refractivity (Wildman–Crippen MR) is 104 cm³/mol. The van der Waals surface area contributed by atoms with E-state index in [1.54, 1.807) is 19.1 Å². The summed E-state index contributed by atoms with van der Waals surface area (Å²) in [7, 11) is -3.36. The van der Waals surface area contributed by atoms with Crippen molar-refractivity contribution in [1.29, 1.82) is 0 Å². The van der Waals surface area contributed by atoms with Crippen molar-refractivity contribution in [3.8, 4) is 5.69 Å². The van der Waals surface area contributed by atoms with Crippen LogP contribution >= 0.6 is 0 Å². The van der Waals surface area contributed by atoms with Gasteiger partial charge in [0.1, 0.15) is 5.82 Å². The fourth-order valence-electron chi connectivity index (χ4n) is 3.14. The molecule has 1 aliphatic heterocycles. The number of rotatable bonds is 4. The second-order valence-corrected chi connectivity index (χ2v) is 8.56. The summed E-state index contributed by atoms with van der Waals surface area (Å²) < 4.78 is 41.2. The van der Waals surface area contributed by atoms with E-state index in [9.17, 15) is 17.6 Å². The van der Waals surface area contributed by atoms with Gasteiger partial charge in [-0.15, -0.1) is 5.10 Å². The summed E-state index contributed by atoms with van der Waals surface area (Å²) in [4.78, 5) is 12.7. The maximum Gasteiger partial charge on any atom is 0.255 e. The lowest BCUT2D eigenvalue weighted by Crippen LogP contribution is -2.25. The van der Waals surface area contributed by atoms with Crippen LogP contribution in [0.2, 0.25) is 0 Å². The second kappa shape index (κ2) is 7.24. The van der Waals surface area contributed by atoms with Crippen LogP contribution in [0.25, 0.3) is 5.69 Å². The van der Waals surface area contributed by atoms with E-state index in [1.165, 1.54) is 39.3 Å². The zero-order chi connectivity index (χ0) is 20.6. The van der Waals surface area contributed by atoms with Gasteiger partial charge in [-0.2, -0.15) is 4.68 Å². The smallest absolute Gasteiger partial charge is 0.255 e. The van der Waals surface area contributed by atoms with Crippen LogP contribution < -0.4 is 9.62 Å². The molecule has 2 aromatic carbocycles. The van der Waals surface area contributed by atoms with Crippen LogP contribution in [0.4, 0.5) is 15.8 Å². The Kier molecular flexibility index (Phi) is 4.74. The number of nitrogens with one attached hydrogen (secondary N) is 1. The molecule has 11 heteroatoms. The number of halogens is 1. The molecule has 0 radical (unpaired) electrons. The zero-order valence-corrected chi connectivity index (χ0v) is 16.2. The van der Waals surface area contributed by atoms with E-state index in [2.05, 4.69) is 20.8 Å². The van der Waals surface area contributed by atoms with E-state index >= 15 is 0 Å². The van der Waals surface area contributed by atoms with Gasteiger partial charge in [-0.1, -0.05) is 6.07 Å². The number of benzene rings is 2. The first-order valence-corrected chi connectivity index (χ1v) is 10.4. The molecule has 0 unspecified atom stereocenters. The Balaban J connectivity index is 1.60. The normalized spacial score (nSPS) is 15.4. The van der Waals surface area contributed by atoms with Crippen molar-refractivity contribution in [2.75, 3.05) is 21.9 Å². The molecule has 0 aliphatic carbocycles. The minimum atomic E-state index is -3.36. The highest BCUT2D eigenvalue weighted by Gasteiger charge is 2.28. The SMILES string of the molecule is Cc1nnnn1-c1ccc(F)c(NC(=O)c2cccc(N3CCCS3(=O)=O)c2)c1. The van der Waals surface area contributed by atoms with Crippen LogP contribution in [-0.2, 0) is 10.0 Å². The maximum atomic E-state index is 14.3. The number of aromatic nitrogens is 4. The van der Waals surface area contributed by atoms with Crippen LogP contribution in [0, 0.1) is 12.7 Å². The molecule has 1 amide bonds. The highest BCUT2D eigenvalue weighted by molar-refractivity contribution is 7.93. The van der Waals surface area contributed by atoms with Crippen molar-refractivity contribution in [2.45, 2.75) is 13.3 Å². The van der Waals surface area contributed by atoms with Crippen molar-refractivity contribution in [3.05, 3.63) is 59.7 Å². The number of aryl methyl sites for hydroxylation is 1. The molecule has 9 nitrogen and oxygen atoms in total. The van der Waals surface area contributed by atoms with Crippen LogP contribution in [0.15, 0.2) is 42.5 Å². The molecule has 0 spiro atoms. The maximum absolute atomic E-state index is 14.3. The average molecular weight is 416 g/mol. The quantitative estimate of drug-likeness (QED) is 0.696. The largest absolute Gasteiger partial charge is 0.319 e. The van der Waals surface area contributed by atoms with Gasteiger partial charge in [-0.25, -0.2) is 12.8 Å². The number of amides is 1. The number of hydrogen-bond acceptors (Lipinski definition) is 6. The first kappa shape index (κ1) is 19.0. The topological polar surface area (TPSA) is 110 Å². The van der Waals surface area contributed by atoms with Gasteiger partial charge in [-0.05, 0) is 60.2 Å². The Hall–Kier alpha value is -3.34. The van der Waals surface area contributed by atoms with Gasteiger partial charge in [-0.3, -0.25) is 9.10 Å². The molecule has 3 aromatic rings. The molecule has 4 rings (SSSR count). The van der Waals surface area contributed by atoms with Crippen molar-refractivity contribution in [3.63, 3.8) is 0 Å². The highest BCUT2D eigenvalue weighted by Crippen LogP contribution is 2.26. The lowest BCUT2D eigenvalue weighted by molar-refractivity contribution is 0.102. The van der Waals surface area contributed by atoms with Crippen molar-refractivity contribution in [1.82, 2.24) is 20.2 Å². The summed E-state index contributed by atoms with van der Waals surface area (Å²) in [6, 6.07) is 10.4. The molecule has 1 N–H and O–H groups in total. The summed E-state index contributed by atoms with van der Waals surface area (Å²) in [5.74, 6) is -0.592. The Labute approximate surface area is 166 Å². The molecule has 0 atom stereocenters. The predicted octanol–water partition coefficient (Wildman–Crippen LogP) is 1.90. The van der Waals surface area contributed by atoms with Crippen molar-refractivity contribution in [2.24, 2.45) is 0 Å². The van der Waals surface area contributed by atoms with E-state index in [-0.39, 0.29) is 17.0 Å². The number of sulfonamides is 1. The molecular formula is C18H17FN6O3S. The summed E-state index contributed by atoms with van der Waals surface area (Å²) in [5.41, 5.74) is 1.07. The Morgan fingerprint density at radius 1 is 1.17 bits per heavy atom. The minimum Gasteiger partial charge on any atom is -0.319 e. The number of hydrogen-bond donors (Lipinski definition) is 1. The highest BCUT2D eigenvalue weighted by atomic mass is 32.2. The number of tetrazole rings is 1. The average Bonchev–Trinajstić information content (AvgIpc) is 3.28. The molecule has 0 bridgehead atoms.